The van der Waals surface area contributed by atoms with E-state index in [0.29, 0.717) is 39.4 Å². The van der Waals surface area contributed by atoms with Crippen molar-refractivity contribution in [2.24, 2.45) is 0 Å². The molecule has 8 heteroatoms. The van der Waals surface area contributed by atoms with Crippen LogP contribution in [0.5, 0.6) is 5.75 Å². The molecular formula is C30H37N5O3. The van der Waals surface area contributed by atoms with Gasteiger partial charge in [0.05, 0.1) is 37.2 Å². The third-order valence-corrected chi connectivity index (χ3v) is 7.31. The molecule has 4 heterocycles. The van der Waals surface area contributed by atoms with Crippen molar-refractivity contribution in [2.75, 3.05) is 40.0 Å². The van der Waals surface area contributed by atoms with Crippen molar-refractivity contribution >= 4 is 27.7 Å². The summed E-state index contributed by atoms with van der Waals surface area (Å²) in [4.78, 5) is 27.2. The highest BCUT2D eigenvalue weighted by Crippen LogP contribution is 2.31. The third-order valence-electron chi connectivity index (χ3n) is 7.31. The number of hydrogen-bond donors (Lipinski definition) is 0. The molecule has 1 saturated heterocycles. The molecule has 0 saturated carbocycles. The summed E-state index contributed by atoms with van der Waals surface area (Å²) in [6, 6.07) is 14.3. The molecule has 1 aliphatic heterocycles. The zero-order chi connectivity index (χ0) is 26.3. The lowest BCUT2D eigenvalue weighted by Gasteiger charge is -2.27. The molecule has 0 aliphatic carbocycles. The number of amides is 1. The predicted octanol–water partition coefficient (Wildman–Crippen LogP) is 4.64. The zero-order valence-corrected chi connectivity index (χ0v) is 22.4. The normalized spacial score (nSPS) is 14.0. The lowest BCUT2D eigenvalue weighted by atomic mass is 10.1. The van der Waals surface area contributed by atoms with Gasteiger partial charge in [0.1, 0.15) is 12.3 Å². The molecule has 4 aromatic rings. The van der Waals surface area contributed by atoms with Gasteiger partial charge < -0.3 is 18.9 Å². The van der Waals surface area contributed by atoms with E-state index in [-0.39, 0.29) is 12.5 Å². The fourth-order valence-corrected chi connectivity index (χ4v) is 5.35. The minimum atomic E-state index is 0.115. The molecule has 0 bridgehead atoms. The number of nitrogens with zero attached hydrogens (tertiary/aromatic N) is 5. The SMILES string of the molecule is CCCCCN(Cc1ncccc1OC)Cc1nccc2c3ccccc3n(CC(=O)N3CCOCC3)c12. The molecule has 3 aromatic heterocycles. The van der Waals surface area contributed by atoms with Crippen LogP contribution in [0, 0.1) is 0 Å². The molecule has 1 fully saturated rings. The quantitative estimate of drug-likeness (QED) is 0.271. The van der Waals surface area contributed by atoms with E-state index >= 15 is 0 Å². The number of para-hydroxylation sites is 1. The maximum Gasteiger partial charge on any atom is 0.242 e. The first-order valence-electron chi connectivity index (χ1n) is 13.6. The fourth-order valence-electron chi connectivity index (χ4n) is 5.35. The summed E-state index contributed by atoms with van der Waals surface area (Å²) >= 11 is 0. The number of methoxy groups -OCH3 is 1. The summed E-state index contributed by atoms with van der Waals surface area (Å²) in [5, 5.41) is 2.27. The van der Waals surface area contributed by atoms with E-state index < -0.39 is 0 Å². The lowest BCUT2D eigenvalue weighted by molar-refractivity contribution is -0.135. The van der Waals surface area contributed by atoms with Crippen molar-refractivity contribution < 1.29 is 14.3 Å². The monoisotopic (exact) mass is 515 g/mol. The Morgan fingerprint density at radius 1 is 0.974 bits per heavy atom. The van der Waals surface area contributed by atoms with Crippen molar-refractivity contribution in [1.29, 1.82) is 0 Å². The number of ether oxygens (including phenoxy) is 2. The Morgan fingerprint density at radius 3 is 2.58 bits per heavy atom. The smallest absolute Gasteiger partial charge is 0.242 e. The summed E-state index contributed by atoms with van der Waals surface area (Å²) in [6.45, 7) is 7.21. The molecule has 0 unspecified atom stereocenters. The molecule has 5 rings (SSSR count). The van der Waals surface area contributed by atoms with Gasteiger partial charge in [-0.25, -0.2) is 0 Å². The summed E-state index contributed by atoms with van der Waals surface area (Å²) in [7, 11) is 1.69. The average molecular weight is 516 g/mol. The van der Waals surface area contributed by atoms with Crippen LogP contribution in [0.15, 0.2) is 54.9 Å². The highest BCUT2D eigenvalue weighted by molar-refractivity contribution is 6.09. The first kappa shape index (κ1) is 26.1. The van der Waals surface area contributed by atoms with Gasteiger partial charge in [-0.1, -0.05) is 38.0 Å². The molecule has 1 aromatic carbocycles. The lowest BCUT2D eigenvalue weighted by Crippen LogP contribution is -2.42. The Morgan fingerprint density at radius 2 is 1.76 bits per heavy atom. The van der Waals surface area contributed by atoms with Gasteiger partial charge in [0.25, 0.3) is 0 Å². The molecule has 1 amide bonds. The minimum absolute atomic E-state index is 0.115. The predicted molar refractivity (Wildman–Crippen MR) is 149 cm³/mol. The van der Waals surface area contributed by atoms with E-state index in [1.807, 2.05) is 35.5 Å². The van der Waals surface area contributed by atoms with E-state index in [1.165, 1.54) is 6.42 Å². The topological polar surface area (TPSA) is 72.7 Å². The van der Waals surface area contributed by atoms with Gasteiger partial charge in [0, 0.05) is 54.9 Å². The number of unbranched alkanes of at least 4 members (excludes halogenated alkanes) is 2. The first-order valence-corrected chi connectivity index (χ1v) is 13.6. The number of carbonyl (C=O) groups is 1. The second kappa shape index (κ2) is 12.4. The number of rotatable bonds is 11. The van der Waals surface area contributed by atoms with Crippen molar-refractivity contribution in [3.05, 3.63) is 66.2 Å². The second-order valence-electron chi connectivity index (χ2n) is 9.82. The fraction of sp³-hybridized carbons (Fsp3) is 0.433. The van der Waals surface area contributed by atoms with E-state index in [9.17, 15) is 4.79 Å². The third kappa shape index (κ3) is 5.66. The number of pyridine rings is 2. The second-order valence-corrected chi connectivity index (χ2v) is 9.82. The van der Waals surface area contributed by atoms with E-state index in [2.05, 4.69) is 45.6 Å². The van der Waals surface area contributed by atoms with Crippen LogP contribution in [0.1, 0.15) is 37.6 Å². The van der Waals surface area contributed by atoms with Crippen LogP contribution in [0.4, 0.5) is 0 Å². The van der Waals surface area contributed by atoms with Crippen molar-refractivity contribution in [3.8, 4) is 5.75 Å². The van der Waals surface area contributed by atoms with Crippen LogP contribution >= 0.6 is 0 Å². The highest BCUT2D eigenvalue weighted by Gasteiger charge is 2.22. The van der Waals surface area contributed by atoms with E-state index in [4.69, 9.17) is 14.5 Å². The number of benzene rings is 1. The number of fused-ring (bicyclic) bond motifs is 3. The molecule has 38 heavy (non-hydrogen) atoms. The van der Waals surface area contributed by atoms with Gasteiger partial charge in [-0.05, 0) is 37.2 Å². The summed E-state index contributed by atoms with van der Waals surface area (Å²) in [5.74, 6) is 0.910. The van der Waals surface area contributed by atoms with Gasteiger partial charge in [-0.2, -0.15) is 0 Å². The Kier molecular flexibility index (Phi) is 8.51. The van der Waals surface area contributed by atoms with Crippen LogP contribution in [-0.4, -0.2) is 70.2 Å². The summed E-state index contributed by atoms with van der Waals surface area (Å²) < 4.78 is 13.2. The van der Waals surface area contributed by atoms with Crippen molar-refractivity contribution in [3.63, 3.8) is 0 Å². The minimum Gasteiger partial charge on any atom is -0.495 e. The molecule has 0 N–H and O–H groups in total. The number of carbonyl (C=O) groups excluding carboxylic acids is 1. The molecule has 8 nitrogen and oxygen atoms in total. The van der Waals surface area contributed by atoms with Gasteiger partial charge >= 0.3 is 0 Å². The van der Waals surface area contributed by atoms with Crippen LogP contribution in [-0.2, 0) is 29.2 Å². The molecular weight excluding hydrogens is 478 g/mol. The Hall–Kier alpha value is -3.49. The van der Waals surface area contributed by atoms with Gasteiger partial charge in [-0.3, -0.25) is 19.7 Å². The largest absolute Gasteiger partial charge is 0.495 e. The highest BCUT2D eigenvalue weighted by atomic mass is 16.5. The number of aromatic nitrogens is 3. The number of morpholine rings is 1. The molecule has 0 radical (unpaired) electrons. The molecule has 0 spiro atoms. The van der Waals surface area contributed by atoms with Gasteiger partial charge in [0.2, 0.25) is 5.91 Å². The average Bonchev–Trinajstić information content (AvgIpc) is 3.28. The molecule has 0 atom stereocenters. The standard InChI is InChI=1S/C30H37N5O3/c1-3-4-7-15-33(20-25-28(37-2)11-8-13-31-25)21-26-30-24(12-14-32-26)23-9-5-6-10-27(23)35(30)22-29(36)34-16-18-38-19-17-34/h5-6,8-14H,3-4,7,15-22H2,1-2H3. The molecule has 1 aliphatic rings. The van der Waals surface area contributed by atoms with E-state index in [0.717, 1.165) is 58.3 Å². The van der Waals surface area contributed by atoms with Crippen molar-refractivity contribution in [2.45, 2.75) is 45.8 Å². The van der Waals surface area contributed by atoms with Gasteiger partial charge in [-0.15, -0.1) is 0 Å². The van der Waals surface area contributed by atoms with Gasteiger partial charge in [0.15, 0.2) is 0 Å². The van der Waals surface area contributed by atoms with Crippen molar-refractivity contribution in [1.82, 2.24) is 24.3 Å². The van der Waals surface area contributed by atoms with Crippen LogP contribution in [0.3, 0.4) is 0 Å². The zero-order valence-electron chi connectivity index (χ0n) is 22.4. The maximum atomic E-state index is 13.4. The maximum absolute atomic E-state index is 13.4. The summed E-state index contributed by atoms with van der Waals surface area (Å²) in [5.41, 5.74) is 3.98. The Bertz CT molecular complexity index is 1380. The number of hydrogen-bond acceptors (Lipinski definition) is 6. The summed E-state index contributed by atoms with van der Waals surface area (Å²) in [6.07, 6.45) is 7.13. The molecule has 200 valence electrons. The van der Waals surface area contributed by atoms with E-state index in [1.54, 1.807) is 7.11 Å². The van der Waals surface area contributed by atoms with Crippen LogP contribution < -0.4 is 4.74 Å². The Labute approximate surface area is 224 Å². The van der Waals surface area contributed by atoms with Crippen LogP contribution in [0.25, 0.3) is 21.8 Å². The first-order chi connectivity index (χ1) is 18.7. The van der Waals surface area contributed by atoms with Crippen LogP contribution in [0.2, 0.25) is 0 Å². The Balaban J connectivity index is 1.52.